The maximum atomic E-state index is 13.1. The first-order chi connectivity index (χ1) is 14.5. The predicted molar refractivity (Wildman–Crippen MR) is 112 cm³/mol. The Labute approximate surface area is 173 Å². The molecule has 0 amide bonds. The van der Waals surface area contributed by atoms with Gasteiger partial charge in [0.1, 0.15) is 0 Å². The molecule has 1 saturated heterocycles. The molecule has 2 aromatic carbocycles. The van der Waals surface area contributed by atoms with Gasteiger partial charge in [-0.05, 0) is 23.8 Å². The lowest BCUT2D eigenvalue weighted by atomic mass is 10.1. The average molecular weight is 428 g/mol. The Kier molecular flexibility index (Phi) is 5.62. The number of nitro groups is 1. The summed E-state index contributed by atoms with van der Waals surface area (Å²) in [5.41, 5.74) is 1.25. The van der Waals surface area contributed by atoms with E-state index < -0.39 is 14.9 Å². The maximum Gasteiger partial charge on any atom is 0.278 e. The number of anilines is 1. The topological polar surface area (TPSA) is 115 Å². The van der Waals surface area contributed by atoms with Gasteiger partial charge in [0.25, 0.3) is 5.69 Å². The smallest absolute Gasteiger partial charge is 0.278 e. The summed E-state index contributed by atoms with van der Waals surface area (Å²) in [5, 5.41) is 15.6. The monoisotopic (exact) mass is 428 g/mol. The van der Waals surface area contributed by atoms with E-state index >= 15 is 0 Å². The number of nitrogens with zero attached hydrogens (tertiary/aromatic N) is 3. The van der Waals surface area contributed by atoms with Gasteiger partial charge >= 0.3 is 0 Å². The molecule has 0 atom stereocenters. The molecular formula is C20H20N4O5S. The van der Waals surface area contributed by atoms with Crippen molar-refractivity contribution >= 4 is 32.2 Å². The van der Waals surface area contributed by atoms with Crippen LogP contribution in [-0.4, -0.2) is 48.9 Å². The molecule has 10 heteroatoms. The zero-order valence-electron chi connectivity index (χ0n) is 16.0. The number of rotatable bonds is 6. The Balaban J connectivity index is 1.64. The predicted octanol–water partition coefficient (Wildman–Crippen LogP) is 2.78. The third-order valence-electron chi connectivity index (χ3n) is 5.02. The number of sulfonamides is 1. The van der Waals surface area contributed by atoms with E-state index in [2.05, 4.69) is 10.3 Å². The van der Waals surface area contributed by atoms with E-state index in [1.165, 1.54) is 16.6 Å². The molecule has 30 heavy (non-hydrogen) atoms. The Morgan fingerprint density at radius 3 is 2.63 bits per heavy atom. The van der Waals surface area contributed by atoms with E-state index in [-0.39, 0.29) is 17.1 Å². The fraction of sp³-hybridized carbons (Fsp3) is 0.250. The molecule has 1 aliphatic heterocycles. The first-order valence-electron chi connectivity index (χ1n) is 9.39. The lowest BCUT2D eigenvalue weighted by Gasteiger charge is -2.27. The fourth-order valence-corrected chi connectivity index (χ4v) is 5.14. The van der Waals surface area contributed by atoms with E-state index in [9.17, 15) is 18.5 Å². The van der Waals surface area contributed by atoms with Crippen LogP contribution in [0.15, 0.2) is 59.8 Å². The van der Waals surface area contributed by atoms with E-state index in [0.29, 0.717) is 48.3 Å². The highest BCUT2D eigenvalue weighted by atomic mass is 32.2. The summed E-state index contributed by atoms with van der Waals surface area (Å²) in [7, 11) is -3.64. The van der Waals surface area contributed by atoms with Crippen molar-refractivity contribution in [3.63, 3.8) is 0 Å². The number of nitrogens with one attached hydrogen (secondary N) is 1. The number of nitro benzene ring substituents is 1. The van der Waals surface area contributed by atoms with E-state index in [1.807, 2.05) is 0 Å². The van der Waals surface area contributed by atoms with Crippen molar-refractivity contribution in [2.24, 2.45) is 0 Å². The highest BCUT2D eigenvalue weighted by Gasteiger charge is 2.28. The van der Waals surface area contributed by atoms with E-state index in [4.69, 9.17) is 4.74 Å². The zero-order valence-corrected chi connectivity index (χ0v) is 16.8. The number of benzene rings is 2. The minimum Gasteiger partial charge on any atom is -0.380 e. The molecule has 1 N–H and O–H groups in total. The minimum absolute atomic E-state index is 0.0288. The molecule has 3 aromatic rings. The molecule has 0 radical (unpaired) electrons. The second-order valence-corrected chi connectivity index (χ2v) is 8.69. The summed E-state index contributed by atoms with van der Waals surface area (Å²) in [4.78, 5) is 15.1. The Hall–Kier alpha value is -3.08. The third kappa shape index (κ3) is 3.84. The molecule has 0 aliphatic carbocycles. The first kappa shape index (κ1) is 20.2. The summed E-state index contributed by atoms with van der Waals surface area (Å²) in [5.74, 6) is 0. The fourth-order valence-electron chi connectivity index (χ4n) is 3.51. The molecule has 4 rings (SSSR count). The zero-order chi connectivity index (χ0) is 21.1. The largest absolute Gasteiger partial charge is 0.380 e. The van der Waals surface area contributed by atoms with Crippen LogP contribution in [0.4, 0.5) is 11.4 Å². The number of morpholine rings is 1. The van der Waals surface area contributed by atoms with Gasteiger partial charge in [0.15, 0.2) is 0 Å². The summed E-state index contributed by atoms with van der Waals surface area (Å²) in [6.45, 7) is 1.65. The van der Waals surface area contributed by atoms with Crippen molar-refractivity contribution in [2.75, 3.05) is 31.6 Å². The summed E-state index contributed by atoms with van der Waals surface area (Å²) in [6.07, 6.45) is 3.02. The SMILES string of the molecule is O=[N+]([O-])c1ccc(NCc2ccccc2S(=O)(=O)N2CCOCC2)c2ccncc12. The quantitative estimate of drug-likeness (QED) is 0.474. The van der Waals surface area contributed by atoms with Crippen LogP contribution in [0.5, 0.6) is 0 Å². The van der Waals surface area contributed by atoms with Gasteiger partial charge in [-0.2, -0.15) is 4.31 Å². The molecule has 1 aromatic heterocycles. The van der Waals surface area contributed by atoms with Gasteiger partial charge in [-0.3, -0.25) is 15.1 Å². The molecule has 0 spiro atoms. The van der Waals surface area contributed by atoms with Crippen molar-refractivity contribution in [2.45, 2.75) is 11.4 Å². The van der Waals surface area contributed by atoms with Gasteiger partial charge in [0, 0.05) is 49.2 Å². The summed E-state index contributed by atoms with van der Waals surface area (Å²) >= 11 is 0. The van der Waals surface area contributed by atoms with Gasteiger partial charge in [-0.15, -0.1) is 0 Å². The van der Waals surface area contributed by atoms with E-state index in [1.54, 1.807) is 42.6 Å². The molecule has 1 fully saturated rings. The Bertz CT molecular complexity index is 1190. The van der Waals surface area contributed by atoms with Crippen LogP contribution in [0, 0.1) is 10.1 Å². The molecule has 0 bridgehead atoms. The Morgan fingerprint density at radius 1 is 1.10 bits per heavy atom. The van der Waals surface area contributed by atoms with Crippen LogP contribution in [0.3, 0.4) is 0 Å². The minimum atomic E-state index is -3.64. The number of non-ortho nitro benzene ring substituents is 1. The van der Waals surface area contributed by atoms with Crippen LogP contribution >= 0.6 is 0 Å². The molecule has 156 valence electrons. The number of pyridine rings is 1. The lowest BCUT2D eigenvalue weighted by molar-refractivity contribution is -0.383. The number of aromatic nitrogens is 1. The number of hydrogen-bond donors (Lipinski definition) is 1. The summed E-state index contributed by atoms with van der Waals surface area (Å²) < 4.78 is 32.9. The second kappa shape index (κ2) is 8.34. The van der Waals surface area contributed by atoms with Crippen LogP contribution in [-0.2, 0) is 21.3 Å². The van der Waals surface area contributed by atoms with Crippen molar-refractivity contribution in [3.05, 3.63) is 70.5 Å². The summed E-state index contributed by atoms with van der Waals surface area (Å²) in [6, 6.07) is 11.6. The molecular weight excluding hydrogens is 408 g/mol. The molecule has 0 saturated carbocycles. The van der Waals surface area contributed by atoms with Crippen molar-refractivity contribution in [3.8, 4) is 0 Å². The highest BCUT2D eigenvalue weighted by Crippen LogP contribution is 2.31. The molecule has 1 aliphatic rings. The Morgan fingerprint density at radius 2 is 1.87 bits per heavy atom. The van der Waals surface area contributed by atoms with Gasteiger partial charge in [-0.1, -0.05) is 18.2 Å². The normalized spacial score (nSPS) is 15.2. The van der Waals surface area contributed by atoms with Gasteiger partial charge < -0.3 is 10.1 Å². The van der Waals surface area contributed by atoms with Crippen LogP contribution in [0.2, 0.25) is 0 Å². The molecule has 2 heterocycles. The van der Waals surface area contributed by atoms with Gasteiger partial charge in [-0.25, -0.2) is 8.42 Å². The average Bonchev–Trinajstić information content (AvgIpc) is 2.78. The van der Waals surface area contributed by atoms with Crippen molar-refractivity contribution < 1.29 is 18.1 Å². The van der Waals surface area contributed by atoms with Gasteiger partial charge in [0.2, 0.25) is 10.0 Å². The number of ether oxygens (including phenoxy) is 1. The number of hydrogen-bond acceptors (Lipinski definition) is 7. The van der Waals surface area contributed by atoms with Gasteiger partial charge in [0.05, 0.1) is 28.4 Å². The number of fused-ring (bicyclic) bond motifs is 1. The highest BCUT2D eigenvalue weighted by molar-refractivity contribution is 7.89. The maximum absolute atomic E-state index is 13.1. The second-order valence-electron chi connectivity index (χ2n) is 6.79. The van der Waals surface area contributed by atoms with E-state index in [0.717, 1.165) is 0 Å². The first-order valence-corrected chi connectivity index (χ1v) is 10.8. The van der Waals surface area contributed by atoms with Crippen LogP contribution < -0.4 is 5.32 Å². The third-order valence-corrected chi connectivity index (χ3v) is 7.02. The van der Waals surface area contributed by atoms with Crippen molar-refractivity contribution in [1.82, 2.24) is 9.29 Å². The van der Waals surface area contributed by atoms with Crippen LogP contribution in [0.1, 0.15) is 5.56 Å². The standard InChI is InChI=1S/C20H20N4O5S/c25-24(26)19-6-5-18(16-7-8-21-14-17(16)19)22-13-15-3-1-2-4-20(15)30(27,28)23-9-11-29-12-10-23/h1-8,14,22H,9-13H2. The van der Waals surface area contributed by atoms with Crippen LogP contribution in [0.25, 0.3) is 10.8 Å². The molecule has 9 nitrogen and oxygen atoms in total. The lowest BCUT2D eigenvalue weighted by Crippen LogP contribution is -2.41. The van der Waals surface area contributed by atoms with Crippen molar-refractivity contribution in [1.29, 1.82) is 0 Å². The molecule has 0 unspecified atom stereocenters.